The van der Waals surface area contributed by atoms with Crippen molar-refractivity contribution < 1.29 is 9.90 Å². The van der Waals surface area contributed by atoms with Crippen molar-refractivity contribution >= 4 is 5.91 Å². The summed E-state index contributed by atoms with van der Waals surface area (Å²) in [5.41, 5.74) is 0. The van der Waals surface area contributed by atoms with E-state index in [0.717, 1.165) is 37.8 Å². The standard InChI is InChI=1S/C13H24N2O2/c1-9(2)10-3-5-15(6-4-10)13(17)12-7-11(16)8-14-12/h9-12,14,16H,3-8H2,1-2H3/t11-,12+/m0/s1. The minimum atomic E-state index is -0.350. The van der Waals surface area contributed by atoms with Gasteiger partial charge in [0.05, 0.1) is 12.1 Å². The maximum atomic E-state index is 12.2. The second-order valence-electron chi connectivity index (χ2n) is 5.76. The van der Waals surface area contributed by atoms with Gasteiger partial charge in [0.1, 0.15) is 0 Å². The Morgan fingerprint density at radius 2 is 2.00 bits per heavy atom. The SMILES string of the molecule is CC(C)C1CCN(C(=O)[C@H]2C[C@H](O)CN2)CC1. The molecule has 2 fully saturated rings. The number of aliphatic hydroxyl groups excluding tert-OH is 1. The fourth-order valence-corrected chi connectivity index (χ4v) is 2.91. The molecular weight excluding hydrogens is 216 g/mol. The number of carbonyl (C=O) groups is 1. The van der Waals surface area contributed by atoms with Crippen LogP contribution in [0.1, 0.15) is 33.1 Å². The number of β-amino-alcohol motifs (C(OH)–C–C–N with tert-alkyl or cyclic N) is 1. The number of nitrogens with one attached hydrogen (secondary N) is 1. The Morgan fingerprint density at radius 1 is 1.35 bits per heavy atom. The lowest BCUT2D eigenvalue weighted by molar-refractivity contribution is -0.134. The van der Waals surface area contributed by atoms with Crippen molar-refractivity contribution in [1.82, 2.24) is 10.2 Å². The van der Waals surface area contributed by atoms with E-state index in [-0.39, 0.29) is 18.1 Å². The van der Waals surface area contributed by atoms with Gasteiger partial charge in [-0.15, -0.1) is 0 Å². The first-order chi connectivity index (χ1) is 8.08. The first-order valence-electron chi connectivity index (χ1n) is 6.78. The van der Waals surface area contributed by atoms with E-state index in [9.17, 15) is 9.90 Å². The number of likely N-dealkylation sites (tertiary alicyclic amines) is 1. The highest BCUT2D eigenvalue weighted by Gasteiger charge is 2.33. The van der Waals surface area contributed by atoms with Gasteiger partial charge in [-0.25, -0.2) is 0 Å². The van der Waals surface area contributed by atoms with E-state index in [4.69, 9.17) is 0 Å². The lowest BCUT2D eigenvalue weighted by Crippen LogP contribution is -2.47. The molecule has 2 N–H and O–H groups in total. The molecule has 2 atom stereocenters. The number of aliphatic hydroxyl groups is 1. The second-order valence-corrected chi connectivity index (χ2v) is 5.76. The quantitative estimate of drug-likeness (QED) is 0.743. The van der Waals surface area contributed by atoms with Crippen molar-refractivity contribution in [1.29, 1.82) is 0 Å². The summed E-state index contributed by atoms with van der Waals surface area (Å²) in [7, 11) is 0. The molecule has 0 radical (unpaired) electrons. The number of hydrogen-bond acceptors (Lipinski definition) is 3. The summed E-state index contributed by atoms with van der Waals surface area (Å²) in [6.45, 7) is 6.85. The van der Waals surface area contributed by atoms with Crippen molar-refractivity contribution in [3.8, 4) is 0 Å². The molecule has 2 heterocycles. The van der Waals surface area contributed by atoms with Gasteiger partial charge in [-0.3, -0.25) is 4.79 Å². The third-order valence-electron chi connectivity index (χ3n) is 4.20. The Kier molecular flexibility index (Phi) is 4.05. The van der Waals surface area contributed by atoms with Crippen molar-refractivity contribution in [3.05, 3.63) is 0 Å². The normalized spacial score (nSPS) is 31.2. The first kappa shape index (κ1) is 12.8. The van der Waals surface area contributed by atoms with Gasteiger partial charge in [0.2, 0.25) is 5.91 Å². The molecule has 2 aliphatic heterocycles. The number of nitrogens with zero attached hydrogens (tertiary/aromatic N) is 1. The molecule has 0 aliphatic carbocycles. The van der Waals surface area contributed by atoms with E-state index in [1.807, 2.05) is 4.90 Å². The molecule has 0 aromatic heterocycles. The van der Waals surface area contributed by atoms with E-state index >= 15 is 0 Å². The molecule has 2 aliphatic rings. The Labute approximate surface area is 103 Å². The third kappa shape index (κ3) is 2.99. The van der Waals surface area contributed by atoms with Gasteiger partial charge in [-0.2, -0.15) is 0 Å². The average molecular weight is 240 g/mol. The molecule has 17 heavy (non-hydrogen) atoms. The minimum Gasteiger partial charge on any atom is -0.392 e. The summed E-state index contributed by atoms with van der Waals surface area (Å²) >= 11 is 0. The predicted molar refractivity (Wildman–Crippen MR) is 66.6 cm³/mol. The number of piperidine rings is 1. The molecule has 0 aromatic rings. The highest BCUT2D eigenvalue weighted by Crippen LogP contribution is 2.25. The minimum absolute atomic E-state index is 0.152. The number of amides is 1. The molecule has 4 nitrogen and oxygen atoms in total. The summed E-state index contributed by atoms with van der Waals surface area (Å²) in [5, 5.41) is 12.5. The summed E-state index contributed by atoms with van der Waals surface area (Å²) < 4.78 is 0. The van der Waals surface area contributed by atoms with Gasteiger partial charge in [0.25, 0.3) is 0 Å². The molecule has 0 unspecified atom stereocenters. The van der Waals surface area contributed by atoms with Crippen LogP contribution in [0.15, 0.2) is 0 Å². The molecule has 2 rings (SSSR count). The molecule has 98 valence electrons. The topological polar surface area (TPSA) is 52.6 Å². The predicted octanol–water partition coefficient (Wildman–Crippen LogP) is 0.604. The van der Waals surface area contributed by atoms with Gasteiger partial charge in [0.15, 0.2) is 0 Å². The summed E-state index contributed by atoms with van der Waals surface area (Å²) in [4.78, 5) is 14.1. The van der Waals surface area contributed by atoms with E-state index in [1.165, 1.54) is 0 Å². The Hall–Kier alpha value is -0.610. The van der Waals surface area contributed by atoms with Crippen LogP contribution >= 0.6 is 0 Å². The zero-order valence-electron chi connectivity index (χ0n) is 10.9. The summed E-state index contributed by atoms with van der Waals surface area (Å²) in [6, 6.07) is -0.152. The molecule has 1 amide bonds. The van der Waals surface area contributed by atoms with Gasteiger partial charge in [-0.1, -0.05) is 13.8 Å². The van der Waals surface area contributed by atoms with Gasteiger partial charge < -0.3 is 15.3 Å². The Morgan fingerprint density at radius 3 is 2.47 bits per heavy atom. The van der Waals surface area contributed by atoms with Crippen molar-refractivity contribution in [3.63, 3.8) is 0 Å². The largest absolute Gasteiger partial charge is 0.392 e. The number of hydrogen-bond donors (Lipinski definition) is 2. The number of carbonyl (C=O) groups excluding carboxylic acids is 1. The van der Waals surface area contributed by atoms with E-state index in [2.05, 4.69) is 19.2 Å². The highest BCUT2D eigenvalue weighted by atomic mass is 16.3. The van der Waals surface area contributed by atoms with Crippen LogP contribution in [-0.4, -0.2) is 47.7 Å². The van der Waals surface area contributed by atoms with Crippen LogP contribution in [0.5, 0.6) is 0 Å². The summed E-state index contributed by atoms with van der Waals surface area (Å²) in [6.07, 6.45) is 2.47. The lowest BCUT2D eigenvalue weighted by Gasteiger charge is -2.35. The van der Waals surface area contributed by atoms with Crippen LogP contribution in [0.25, 0.3) is 0 Å². The van der Waals surface area contributed by atoms with Gasteiger partial charge in [0, 0.05) is 19.6 Å². The van der Waals surface area contributed by atoms with E-state index in [1.54, 1.807) is 0 Å². The van der Waals surface area contributed by atoms with Gasteiger partial charge in [-0.05, 0) is 31.1 Å². The monoisotopic (exact) mass is 240 g/mol. The lowest BCUT2D eigenvalue weighted by atomic mass is 9.86. The number of rotatable bonds is 2. The fraction of sp³-hybridized carbons (Fsp3) is 0.923. The average Bonchev–Trinajstić information content (AvgIpc) is 2.75. The highest BCUT2D eigenvalue weighted by molar-refractivity contribution is 5.82. The second kappa shape index (κ2) is 5.36. The van der Waals surface area contributed by atoms with Crippen LogP contribution in [0.4, 0.5) is 0 Å². The van der Waals surface area contributed by atoms with E-state index in [0.29, 0.717) is 13.0 Å². The molecule has 0 saturated carbocycles. The molecule has 4 heteroatoms. The van der Waals surface area contributed by atoms with Crippen molar-refractivity contribution in [2.45, 2.75) is 45.3 Å². The van der Waals surface area contributed by atoms with Crippen LogP contribution in [-0.2, 0) is 4.79 Å². The van der Waals surface area contributed by atoms with Gasteiger partial charge >= 0.3 is 0 Å². The maximum absolute atomic E-state index is 12.2. The Balaban J connectivity index is 1.82. The fourth-order valence-electron chi connectivity index (χ4n) is 2.91. The van der Waals surface area contributed by atoms with E-state index < -0.39 is 0 Å². The molecule has 2 saturated heterocycles. The van der Waals surface area contributed by atoms with Crippen molar-refractivity contribution in [2.75, 3.05) is 19.6 Å². The zero-order valence-corrected chi connectivity index (χ0v) is 10.9. The molecule has 0 aromatic carbocycles. The van der Waals surface area contributed by atoms with Crippen LogP contribution in [0, 0.1) is 11.8 Å². The van der Waals surface area contributed by atoms with Crippen LogP contribution in [0.3, 0.4) is 0 Å². The molecule has 0 spiro atoms. The third-order valence-corrected chi connectivity index (χ3v) is 4.20. The summed E-state index contributed by atoms with van der Waals surface area (Å²) in [5.74, 6) is 1.67. The Bertz CT molecular complexity index is 273. The molecular formula is C13H24N2O2. The van der Waals surface area contributed by atoms with Crippen LogP contribution < -0.4 is 5.32 Å². The first-order valence-corrected chi connectivity index (χ1v) is 6.78. The zero-order chi connectivity index (χ0) is 12.4. The molecule has 0 bridgehead atoms. The maximum Gasteiger partial charge on any atom is 0.239 e. The van der Waals surface area contributed by atoms with Crippen molar-refractivity contribution in [2.24, 2.45) is 11.8 Å². The van der Waals surface area contributed by atoms with Crippen LogP contribution in [0.2, 0.25) is 0 Å². The smallest absolute Gasteiger partial charge is 0.239 e.